The van der Waals surface area contributed by atoms with E-state index in [1.807, 2.05) is 0 Å². The molecule has 1 aromatic heterocycles. The second-order valence-electron chi connectivity index (χ2n) is 5.02. The molecule has 0 radical (unpaired) electrons. The first-order valence-corrected chi connectivity index (χ1v) is 7.12. The number of aromatic nitrogens is 4. The Morgan fingerprint density at radius 1 is 1.23 bits per heavy atom. The summed E-state index contributed by atoms with van der Waals surface area (Å²) in [6, 6.07) is 5.17. The number of benzene rings is 1. The summed E-state index contributed by atoms with van der Waals surface area (Å²) in [7, 11) is 0. The predicted octanol–water partition coefficient (Wildman–Crippen LogP) is 2.42. The number of thioether (sulfide) groups is 1. The monoisotopic (exact) mass is 334 g/mol. The average molecular weight is 334 g/mol. The Labute approximate surface area is 128 Å². The van der Waals surface area contributed by atoms with Gasteiger partial charge in [0, 0.05) is 5.75 Å². The second-order valence-corrected chi connectivity index (χ2v) is 5.96. The molecule has 22 heavy (non-hydrogen) atoms. The van der Waals surface area contributed by atoms with Crippen LogP contribution in [0.3, 0.4) is 0 Å². The van der Waals surface area contributed by atoms with Crippen molar-refractivity contribution >= 4 is 11.8 Å². The van der Waals surface area contributed by atoms with Crippen LogP contribution in [0.4, 0.5) is 13.2 Å². The Morgan fingerprint density at radius 2 is 1.86 bits per heavy atom. The second kappa shape index (κ2) is 6.13. The third-order valence-corrected chi connectivity index (χ3v) is 3.67. The molecule has 0 bridgehead atoms. The number of rotatable bonds is 5. The molecular weight excluding hydrogens is 321 g/mol. The number of nitrogens with zero attached hydrogens (tertiary/aromatic N) is 4. The molecule has 1 N–H and O–H groups in total. The largest absolute Gasteiger partial charge is 0.573 e. The number of halogens is 3. The van der Waals surface area contributed by atoms with E-state index >= 15 is 0 Å². The maximum atomic E-state index is 12.1. The van der Waals surface area contributed by atoms with Gasteiger partial charge in [0.05, 0.1) is 11.3 Å². The zero-order valence-corrected chi connectivity index (χ0v) is 12.5. The maximum absolute atomic E-state index is 12.1. The van der Waals surface area contributed by atoms with Crippen LogP contribution in [0.15, 0.2) is 29.4 Å². The van der Waals surface area contributed by atoms with E-state index in [9.17, 15) is 18.3 Å². The van der Waals surface area contributed by atoms with Crippen molar-refractivity contribution in [1.82, 2.24) is 20.2 Å². The number of hydrogen-bond donors (Lipinski definition) is 1. The lowest BCUT2D eigenvalue weighted by Crippen LogP contribution is -2.22. The fourth-order valence-corrected chi connectivity index (χ4v) is 2.30. The van der Waals surface area contributed by atoms with Crippen LogP contribution in [0.2, 0.25) is 0 Å². The standard InChI is InChI=1S/C12H13F3N4O2S/c1-11(2,20)7-22-10-16-17-18-19(10)8-3-5-9(6-4-8)21-12(13,14)15/h3-6,20H,7H2,1-2H3. The normalized spacial score (nSPS) is 12.5. The Bertz CT molecular complexity index is 623. The van der Waals surface area contributed by atoms with E-state index in [1.165, 1.54) is 40.7 Å². The van der Waals surface area contributed by atoms with E-state index in [2.05, 4.69) is 20.3 Å². The van der Waals surface area contributed by atoms with Crippen LogP contribution in [-0.2, 0) is 0 Å². The zero-order valence-electron chi connectivity index (χ0n) is 11.7. The summed E-state index contributed by atoms with van der Waals surface area (Å²) in [4.78, 5) is 0. The molecule has 0 fully saturated rings. The first-order valence-electron chi connectivity index (χ1n) is 6.14. The van der Waals surface area contributed by atoms with Gasteiger partial charge in [-0.15, -0.1) is 18.3 Å². The molecule has 0 aliphatic rings. The summed E-state index contributed by atoms with van der Waals surface area (Å²) in [5.74, 6) is 0.0397. The van der Waals surface area contributed by atoms with Crippen molar-refractivity contribution in [3.8, 4) is 11.4 Å². The van der Waals surface area contributed by atoms with Crippen LogP contribution in [0.1, 0.15) is 13.8 Å². The molecule has 0 saturated heterocycles. The van der Waals surface area contributed by atoms with E-state index in [-0.39, 0.29) is 5.75 Å². The van der Waals surface area contributed by atoms with Gasteiger partial charge in [0.15, 0.2) is 0 Å². The van der Waals surface area contributed by atoms with Crippen LogP contribution >= 0.6 is 11.8 Å². The first kappa shape index (κ1) is 16.6. The molecule has 0 amide bonds. The highest BCUT2D eigenvalue weighted by Gasteiger charge is 2.31. The zero-order chi connectivity index (χ0) is 16.4. The summed E-state index contributed by atoms with van der Waals surface area (Å²) in [5, 5.41) is 21.3. The molecule has 0 aliphatic heterocycles. The third kappa shape index (κ3) is 4.88. The van der Waals surface area contributed by atoms with Crippen LogP contribution in [0.5, 0.6) is 5.75 Å². The molecule has 120 valence electrons. The molecule has 0 aliphatic carbocycles. The lowest BCUT2D eigenvalue weighted by Gasteiger charge is -2.15. The lowest BCUT2D eigenvalue weighted by molar-refractivity contribution is -0.274. The molecule has 2 aromatic rings. The van der Waals surface area contributed by atoms with Gasteiger partial charge in [-0.1, -0.05) is 11.8 Å². The van der Waals surface area contributed by atoms with Gasteiger partial charge in [0.1, 0.15) is 5.75 Å². The number of hydrogen-bond acceptors (Lipinski definition) is 6. The van der Waals surface area contributed by atoms with Gasteiger partial charge in [-0.05, 0) is 48.5 Å². The van der Waals surface area contributed by atoms with E-state index in [0.29, 0.717) is 16.6 Å². The molecular formula is C12H13F3N4O2S. The molecule has 0 atom stereocenters. The highest BCUT2D eigenvalue weighted by Crippen LogP contribution is 2.25. The molecule has 10 heteroatoms. The quantitative estimate of drug-likeness (QED) is 0.847. The van der Waals surface area contributed by atoms with Crippen LogP contribution in [-0.4, -0.2) is 43.0 Å². The van der Waals surface area contributed by atoms with Gasteiger partial charge in [-0.25, -0.2) is 0 Å². The van der Waals surface area contributed by atoms with E-state index in [1.54, 1.807) is 13.8 Å². The van der Waals surface area contributed by atoms with Crippen molar-refractivity contribution in [2.75, 3.05) is 5.75 Å². The topological polar surface area (TPSA) is 73.1 Å². The highest BCUT2D eigenvalue weighted by molar-refractivity contribution is 7.99. The summed E-state index contributed by atoms with van der Waals surface area (Å²) in [6.07, 6.45) is -4.73. The molecule has 0 saturated carbocycles. The van der Waals surface area contributed by atoms with E-state index in [4.69, 9.17) is 0 Å². The Hall–Kier alpha value is -1.81. The maximum Gasteiger partial charge on any atom is 0.573 e. The Balaban J connectivity index is 2.14. The van der Waals surface area contributed by atoms with Gasteiger partial charge < -0.3 is 9.84 Å². The summed E-state index contributed by atoms with van der Waals surface area (Å²) in [6.45, 7) is 3.30. The van der Waals surface area contributed by atoms with Crippen molar-refractivity contribution in [2.24, 2.45) is 0 Å². The molecule has 1 heterocycles. The van der Waals surface area contributed by atoms with Gasteiger partial charge in [0.2, 0.25) is 5.16 Å². The minimum atomic E-state index is -4.73. The average Bonchev–Trinajstić information content (AvgIpc) is 2.83. The van der Waals surface area contributed by atoms with Crippen molar-refractivity contribution < 1.29 is 23.0 Å². The van der Waals surface area contributed by atoms with Gasteiger partial charge in [0.25, 0.3) is 0 Å². The first-order chi connectivity index (χ1) is 10.1. The molecule has 0 spiro atoms. The van der Waals surface area contributed by atoms with Crippen LogP contribution in [0.25, 0.3) is 5.69 Å². The third-order valence-electron chi connectivity index (χ3n) is 2.31. The summed E-state index contributed by atoms with van der Waals surface area (Å²) >= 11 is 1.24. The van der Waals surface area contributed by atoms with Crippen molar-refractivity contribution in [3.63, 3.8) is 0 Å². The lowest BCUT2D eigenvalue weighted by atomic mass is 10.2. The van der Waals surface area contributed by atoms with E-state index in [0.717, 1.165) is 0 Å². The SMILES string of the molecule is CC(C)(O)CSc1nnnn1-c1ccc(OC(F)(F)F)cc1. The minimum Gasteiger partial charge on any atom is -0.406 e. The summed E-state index contributed by atoms with van der Waals surface area (Å²) < 4.78 is 41.5. The molecule has 0 unspecified atom stereocenters. The fourth-order valence-electron chi connectivity index (χ4n) is 1.46. The van der Waals surface area contributed by atoms with Crippen molar-refractivity contribution in [3.05, 3.63) is 24.3 Å². The Kier molecular flexibility index (Phi) is 4.61. The molecule has 2 rings (SSSR count). The fraction of sp³-hybridized carbons (Fsp3) is 0.417. The van der Waals surface area contributed by atoms with Gasteiger partial charge in [-0.3, -0.25) is 0 Å². The number of ether oxygens (including phenoxy) is 1. The predicted molar refractivity (Wildman–Crippen MR) is 72.9 cm³/mol. The highest BCUT2D eigenvalue weighted by atomic mass is 32.2. The van der Waals surface area contributed by atoms with Crippen molar-refractivity contribution in [2.45, 2.75) is 31.0 Å². The Morgan fingerprint density at radius 3 is 2.41 bits per heavy atom. The molecule has 6 nitrogen and oxygen atoms in total. The number of aliphatic hydroxyl groups is 1. The number of tetrazole rings is 1. The summed E-state index contributed by atoms with van der Waals surface area (Å²) in [5.41, 5.74) is -0.413. The minimum absolute atomic E-state index is 0.324. The van der Waals surface area contributed by atoms with Gasteiger partial charge >= 0.3 is 6.36 Å². The smallest absolute Gasteiger partial charge is 0.406 e. The van der Waals surface area contributed by atoms with Gasteiger partial charge in [-0.2, -0.15) is 4.68 Å². The van der Waals surface area contributed by atoms with Crippen molar-refractivity contribution in [1.29, 1.82) is 0 Å². The molecule has 1 aromatic carbocycles. The van der Waals surface area contributed by atoms with Crippen LogP contribution in [0, 0.1) is 0 Å². The van der Waals surface area contributed by atoms with Crippen LogP contribution < -0.4 is 4.74 Å². The van der Waals surface area contributed by atoms with E-state index < -0.39 is 12.0 Å². The number of alkyl halides is 3.